The lowest BCUT2D eigenvalue weighted by Crippen LogP contribution is -2.06. The van der Waals surface area contributed by atoms with E-state index in [0.29, 0.717) is 17.3 Å². The van der Waals surface area contributed by atoms with Crippen LogP contribution in [-0.4, -0.2) is 20.9 Å². The van der Waals surface area contributed by atoms with Gasteiger partial charge in [0, 0.05) is 25.9 Å². The third-order valence-electron chi connectivity index (χ3n) is 2.40. The van der Waals surface area contributed by atoms with Gasteiger partial charge in [-0.3, -0.25) is 9.48 Å². The zero-order valence-corrected chi connectivity index (χ0v) is 11.4. The Balaban J connectivity index is 2.01. The molecule has 1 heterocycles. The molecule has 19 heavy (non-hydrogen) atoms. The van der Waals surface area contributed by atoms with E-state index < -0.39 is 0 Å². The Labute approximate surface area is 115 Å². The average molecular weight is 280 g/mol. The molecular formula is C12H14ClN5O. The first-order valence-corrected chi connectivity index (χ1v) is 6.08. The topological polar surface area (TPSA) is 71.8 Å². The number of carbonyl (C=O) groups is 1. The number of rotatable bonds is 4. The Morgan fingerprint density at radius 1 is 1.47 bits per heavy atom. The van der Waals surface area contributed by atoms with E-state index in [2.05, 4.69) is 20.9 Å². The number of halogens is 1. The van der Waals surface area contributed by atoms with E-state index in [1.54, 1.807) is 16.8 Å². The first-order valence-electron chi connectivity index (χ1n) is 5.71. The van der Waals surface area contributed by atoms with Crippen molar-refractivity contribution in [1.29, 1.82) is 0 Å². The molecule has 0 aliphatic heterocycles. The molecule has 0 aliphatic carbocycles. The number of carbonyl (C=O) groups excluding carboxylic acids is 1. The highest BCUT2D eigenvalue weighted by Gasteiger charge is 2.04. The monoisotopic (exact) mass is 279 g/mol. The summed E-state index contributed by atoms with van der Waals surface area (Å²) in [5.74, 6) is -0.151. The van der Waals surface area contributed by atoms with Crippen LogP contribution in [0.15, 0.2) is 24.4 Å². The SMILES string of the molecule is CC(=O)Nc1ccc(NCc2cn(C)nn2)cc1Cl. The predicted octanol–water partition coefficient (Wildman–Crippen LogP) is 2.04. The van der Waals surface area contributed by atoms with Crippen molar-refractivity contribution in [2.75, 3.05) is 10.6 Å². The molecule has 0 aliphatic rings. The van der Waals surface area contributed by atoms with Gasteiger partial charge >= 0.3 is 0 Å². The lowest BCUT2D eigenvalue weighted by molar-refractivity contribution is -0.114. The van der Waals surface area contributed by atoms with Crippen LogP contribution in [0.4, 0.5) is 11.4 Å². The Morgan fingerprint density at radius 2 is 2.26 bits per heavy atom. The van der Waals surface area contributed by atoms with Gasteiger partial charge in [0.05, 0.1) is 17.3 Å². The second-order valence-corrected chi connectivity index (χ2v) is 4.52. The van der Waals surface area contributed by atoms with Gasteiger partial charge in [-0.15, -0.1) is 5.10 Å². The third kappa shape index (κ3) is 3.69. The van der Waals surface area contributed by atoms with Gasteiger partial charge in [0.25, 0.3) is 0 Å². The highest BCUT2D eigenvalue weighted by atomic mass is 35.5. The Hall–Kier alpha value is -2.08. The number of benzene rings is 1. The molecule has 1 amide bonds. The van der Waals surface area contributed by atoms with E-state index in [0.717, 1.165) is 11.4 Å². The third-order valence-corrected chi connectivity index (χ3v) is 2.72. The number of nitrogens with zero attached hydrogens (tertiary/aromatic N) is 3. The van der Waals surface area contributed by atoms with Gasteiger partial charge in [-0.25, -0.2) is 0 Å². The van der Waals surface area contributed by atoms with E-state index in [-0.39, 0.29) is 5.91 Å². The minimum atomic E-state index is -0.151. The van der Waals surface area contributed by atoms with Crippen LogP contribution in [0.3, 0.4) is 0 Å². The molecule has 0 unspecified atom stereocenters. The van der Waals surface area contributed by atoms with Crippen molar-refractivity contribution in [1.82, 2.24) is 15.0 Å². The summed E-state index contributed by atoms with van der Waals surface area (Å²) in [6.07, 6.45) is 1.83. The number of hydrogen-bond acceptors (Lipinski definition) is 4. The maximum absolute atomic E-state index is 11.0. The van der Waals surface area contributed by atoms with Crippen LogP contribution in [0, 0.1) is 0 Å². The van der Waals surface area contributed by atoms with Gasteiger partial charge in [0.15, 0.2) is 0 Å². The van der Waals surface area contributed by atoms with Gasteiger partial charge in [0.1, 0.15) is 5.69 Å². The molecule has 0 radical (unpaired) electrons. The molecule has 2 N–H and O–H groups in total. The van der Waals surface area contributed by atoms with Crippen LogP contribution in [0.25, 0.3) is 0 Å². The van der Waals surface area contributed by atoms with Gasteiger partial charge in [-0.2, -0.15) is 0 Å². The van der Waals surface area contributed by atoms with Gasteiger partial charge < -0.3 is 10.6 Å². The van der Waals surface area contributed by atoms with E-state index in [1.807, 2.05) is 19.3 Å². The number of anilines is 2. The fourth-order valence-electron chi connectivity index (χ4n) is 1.58. The van der Waals surface area contributed by atoms with Crippen LogP contribution in [-0.2, 0) is 18.4 Å². The smallest absolute Gasteiger partial charge is 0.221 e. The van der Waals surface area contributed by atoms with Gasteiger partial charge in [-0.1, -0.05) is 16.8 Å². The Bertz CT molecular complexity index is 596. The highest BCUT2D eigenvalue weighted by Crippen LogP contribution is 2.25. The molecule has 1 aromatic carbocycles. The Kier molecular flexibility index (Phi) is 4.01. The Morgan fingerprint density at radius 3 is 2.84 bits per heavy atom. The number of nitrogens with one attached hydrogen (secondary N) is 2. The van der Waals surface area contributed by atoms with Crippen LogP contribution < -0.4 is 10.6 Å². The number of aromatic nitrogens is 3. The second kappa shape index (κ2) is 5.71. The fourth-order valence-corrected chi connectivity index (χ4v) is 1.81. The summed E-state index contributed by atoms with van der Waals surface area (Å²) < 4.78 is 1.64. The average Bonchev–Trinajstić information content (AvgIpc) is 2.75. The summed E-state index contributed by atoms with van der Waals surface area (Å²) in [6, 6.07) is 5.35. The van der Waals surface area contributed by atoms with E-state index in [4.69, 9.17) is 11.6 Å². The van der Waals surface area contributed by atoms with Gasteiger partial charge in [-0.05, 0) is 18.2 Å². The van der Waals surface area contributed by atoms with Crippen molar-refractivity contribution in [3.63, 3.8) is 0 Å². The molecule has 0 fully saturated rings. The number of aryl methyl sites for hydroxylation is 1. The molecule has 1 aromatic heterocycles. The first-order chi connectivity index (χ1) is 9.04. The molecular weight excluding hydrogens is 266 g/mol. The predicted molar refractivity (Wildman–Crippen MR) is 74.1 cm³/mol. The molecule has 0 spiro atoms. The molecule has 100 valence electrons. The van der Waals surface area contributed by atoms with Crippen molar-refractivity contribution in [2.45, 2.75) is 13.5 Å². The molecule has 6 nitrogen and oxygen atoms in total. The van der Waals surface area contributed by atoms with Crippen molar-refractivity contribution < 1.29 is 4.79 Å². The fraction of sp³-hybridized carbons (Fsp3) is 0.250. The van der Waals surface area contributed by atoms with Crippen LogP contribution in [0.1, 0.15) is 12.6 Å². The maximum atomic E-state index is 11.0. The zero-order chi connectivity index (χ0) is 13.8. The van der Waals surface area contributed by atoms with E-state index in [9.17, 15) is 4.79 Å². The van der Waals surface area contributed by atoms with E-state index in [1.165, 1.54) is 6.92 Å². The lowest BCUT2D eigenvalue weighted by Gasteiger charge is -2.08. The summed E-state index contributed by atoms with van der Waals surface area (Å²) in [4.78, 5) is 11.0. The molecule has 0 bridgehead atoms. The molecule has 0 saturated heterocycles. The van der Waals surface area contributed by atoms with E-state index >= 15 is 0 Å². The van der Waals surface area contributed by atoms with Crippen LogP contribution >= 0.6 is 11.6 Å². The van der Waals surface area contributed by atoms with Crippen LogP contribution in [0.2, 0.25) is 5.02 Å². The molecule has 0 saturated carbocycles. The van der Waals surface area contributed by atoms with Crippen molar-refractivity contribution in [2.24, 2.45) is 7.05 Å². The normalized spacial score (nSPS) is 10.3. The summed E-state index contributed by atoms with van der Waals surface area (Å²) in [5, 5.41) is 14.1. The number of amides is 1. The molecule has 7 heteroatoms. The first kappa shape index (κ1) is 13.4. The van der Waals surface area contributed by atoms with Gasteiger partial charge in [0.2, 0.25) is 5.91 Å². The minimum absolute atomic E-state index is 0.151. The quantitative estimate of drug-likeness (QED) is 0.898. The maximum Gasteiger partial charge on any atom is 0.221 e. The summed E-state index contributed by atoms with van der Waals surface area (Å²) >= 11 is 6.07. The summed E-state index contributed by atoms with van der Waals surface area (Å²) in [5.41, 5.74) is 2.29. The number of hydrogen-bond donors (Lipinski definition) is 2. The lowest BCUT2D eigenvalue weighted by atomic mass is 10.2. The minimum Gasteiger partial charge on any atom is -0.379 e. The van der Waals surface area contributed by atoms with Crippen LogP contribution in [0.5, 0.6) is 0 Å². The van der Waals surface area contributed by atoms with Crippen molar-refractivity contribution in [3.8, 4) is 0 Å². The summed E-state index contributed by atoms with van der Waals surface area (Å²) in [6.45, 7) is 2.00. The standard InChI is InChI=1S/C12H14ClN5O/c1-8(19)15-12-4-3-9(5-11(12)13)14-6-10-7-18(2)17-16-10/h3-5,7,14H,6H2,1-2H3,(H,15,19). The largest absolute Gasteiger partial charge is 0.379 e. The molecule has 2 rings (SSSR count). The van der Waals surface area contributed by atoms with Crippen molar-refractivity contribution >= 4 is 28.9 Å². The zero-order valence-electron chi connectivity index (χ0n) is 10.6. The summed E-state index contributed by atoms with van der Waals surface area (Å²) in [7, 11) is 1.82. The van der Waals surface area contributed by atoms with Crippen molar-refractivity contribution in [3.05, 3.63) is 35.1 Å². The highest BCUT2D eigenvalue weighted by molar-refractivity contribution is 6.34. The second-order valence-electron chi connectivity index (χ2n) is 4.11. The molecule has 0 atom stereocenters. The molecule has 2 aromatic rings.